The van der Waals surface area contributed by atoms with Gasteiger partial charge < -0.3 is 13.7 Å². The third-order valence-corrected chi connectivity index (χ3v) is 4.92. The first-order valence-corrected chi connectivity index (χ1v) is 9.55. The van der Waals surface area contributed by atoms with E-state index in [4.69, 9.17) is 13.7 Å². The van der Waals surface area contributed by atoms with Gasteiger partial charge in [-0.1, -0.05) is 18.2 Å². The molecule has 1 fully saturated rings. The van der Waals surface area contributed by atoms with Gasteiger partial charge in [0.05, 0.1) is 6.10 Å². The summed E-state index contributed by atoms with van der Waals surface area (Å²) < 4.78 is 40.5. The maximum atomic E-state index is 12.1. The van der Waals surface area contributed by atoms with E-state index in [1.165, 1.54) is 0 Å². The van der Waals surface area contributed by atoms with E-state index in [9.17, 15) is 8.42 Å². The van der Waals surface area contributed by atoms with E-state index in [-0.39, 0.29) is 17.6 Å². The summed E-state index contributed by atoms with van der Waals surface area (Å²) in [6.45, 7) is 0.617. The van der Waals surface area contributed by atoms with Crippen LogP contribution < -0.4 is 8.92 Å². The minimum atomic E-state index is -3.67. The van der Waals surface area contributed by atoms with Crippen molar-refractivity contribution in [3.63, 3.8) is 0 Å². The highest BCUT2D eigenvalue weighted by Gasteiger charge is 2.23. The number of benzene rings is 2. The first-order valence-electron chi connectivity index (χ1n) is 7.97. The Morgan fingerprint density at radius 1 is 0.917 bits per heavy atom. The Hall–Kier alpha value is -2.05. The molecule has 1 aliphatic heterocycles. The van der Waals surface area contributed by atoms with Gasteiger partial charge in [0, 0.05) is 6.61 Å². The van der Waals surface area contributed by atoms with Crippen molar-refractivity contribution in [1.29, 1.82) is 0 Å². The largest absolute Gasteiger partial charge is 0.457 e. The van der Waals surface area contributed by atoms with Crippen LogP contribution in [0.5, 0.6) is 17.2 Å². The van der Waals surface area contributed by atoms with Gasteiger partial charge in [0.15, 0.2) is 0 Å². The number of hydrogen-bond donors (Lipinski definition) is 0. The van der Waals surface area contributed by atoms with Gasteiger partial charge in [0.25, 0.3) is 0 Å². The Bertz CT molecular complexity index is 735. The van der Waals surface area contributed by atoms with Crippen molar-refractivity contribution < 1.29 is 22.1 Å². The summed E-state index contributed by atoms with van der Waals surface area (Å²) in [6.07, 6.45) is 2.46. The Balaban J connectivity index is 1.58. The van der Waals surface area contributed by atoms with Crippen LogP contribution in [0.3, 0.4) is 0 Å². The molecule has 0 aliphatic carbocycles. The van der Waals surface area contributed by atoms with Crippen LogP contribution in [0.4, 0.5) is 0 Å². The predicted molar refractivity (Wildman–Crippen MR) is 91.0 cm³/mol. The van der Waals surface area contributed by atoms with Crippen LogP contribution in [0.1, 0.15) is 19.3 Å². The number of hydrogen-bond acceptors (Lipinski definition) is 5. The molecule has 0 N–H and O–H groups in total. The lowest BCUT2D eigenvalue weighted by Gasteiger charge is -2.22. The smallest absolute Gasteiger partial charge is 0.311 e. The minimum absolute atomic E-state index is 0.116. The molecule has 0 aromatic heterocycles. The fourth-order valence-corrected chi connectivity index (χ4v) is 3.73. The zero-order valence-corrected chi connectivity index (χ0v) is 14.1. The second-order valence-corrected chi connectivity index (χ2v) is 7.30. The van der Waals surface area contributed by atoms with Crippen LogP contribution in [0.15, 0.2) is 54.6 Å². The molecule has 24 heavy (non-hydrogen) atoms. The van der Waals surface area contributed by atoms with Crippen molar-refractivity contribution in [2.75, 3.05) is 12.4 Å². The third kappa shape index (κ3) is 4.97. The van der Waals surface area contributed by atoms with Crippen molar-refractivity contribution in [1.82, 2.24) is 0 Å². The molecular weight excluding hydrogens is 328 g/mol. The predicted octanol–water partition coefficient (Wildman–Crippen LogP) is 3.76. The Labute approximate surface area is 142 Å². The summed E-state index contributed by atoms with van der Waals surface area (Å²) in [5, 5.41) is 0. The lowest BCUT2D eigenvalue weighted by atomic mass is 10.1. The topological polar surface area (TPSA) is 61.8 Å². The van der Waals surface area contributed by atoms with E-state index in [0.717, 1.165) is 19.3 Å². The molecule has 2 aromatic carbocycles. The van der Waals surface area contributed by atoms with Gasteiger partial charge in [0.2, 0.25) is 0 Å². The zero-order chi connectivity index (χ0) is 16.8. The summed E-state index contributed by atoms with van der Waals surface area (Å²) in [5.41, 5.74) is 0. The van der Waals surface area contributed by atoms with Crippen molar-refractivity contribution in [3.05, 3.63) is 54.6 Å². The minimum Gasteiger partial charge on any atom is -0.457 e. The molecule has 0 saturated carbocycles. The molecular formula is C18H20O5S. The van der Waals surface area contributed by atoms with Crippen LogP contribution in [0.2, 0.25) is 0 Å². The maximum Gasteiger partial charge on any atom is 0.311 e. The van der Waals surface area contributed by atoms with Crippen LogP contribution in [0.25, 0.3) is 0 Å². The third-order valence-electron chi connectivity index (χ3n) is 3.69. The van der Waals surface area contributed by atoms with Gasteiger partial charge in [-0.25, -0.2) is 0 Å². The highest BCUT2D eigenvalue weighted by Crippen LogP contribution is 2.24. The number of ether oxygens (including phenoxy) is 2. The average molecular weight is 348 g/mol. The maximum absolute atomic E-state index is 12.1. The molecule has 1 heterocycles. The van der Waals surface area contributed by atoms with Crippen LogP contribution in [0, 0.1) is 0 Å². The van der Waals surface area contributed by atoms with E-state index in [1.807, 2.05) is 30.3 Å². The zero-order valence-electron chi connectivity index (χ0n) is 13.3. The first kappa shape index (κ1) is 16.8. The van der Waals surface area contributed by atoms with Crippen molar-refractivity contribution in [3.8, 4) is 17.2 Å². The SMILES string of the molecule is O=S(=O)(CC1CCCCO1)Oc1ccc(Oc2ccccc2)cc1. The van der Waals surface area contributed by atoms with Crippen LogP contribution in [-0.2, 0) is 14.9 Å². The summed E-state index contributed by atoms with van der Waals surface area (Å²) in [5.74, 6) is 1.48. The van der Waals surface area contributed by atoms with Gasteiger partial charge in [-0.15, -0.1) is 0 Å². The Kier molecular flexibility index (Phi) is 5.37. The Morgan fingerprint density at radius 3 is 2.25 bits per heavy atom. The fourth-order valence-electron chi connectivity index (χ4n) is 2.54. The normalized spacial score (nSPS) is 18.1. The van der Waals surface area contributed by atoms with Gasteiger partial charge >= 0.3 is 10.1 Å². The van der Waals surface area contributed by atoms with E-state index in [0.29, 0.717) is 18.1 Å². The van der Waals surface area contributed by atoms with E-state index < -0.39 is 10.1 Å². The van der Waals surface area contributed by atoms with Crippen molar-refractivity contribution in [2.45, 2.75) is 25.4 Å². The average Bonchev–Trinajstić information content (AvgIpc) is 2.58. The second-order valence-electron chi connectivity index (χ2n) is 5.68. The lowest BCUT2D eigenvalue weighted by Crippen LogP contribution is -2.29. The van der Waals surface area contributed by atoms with Gasteiger partial charge in [-0.2, -0.15) is 8.42 Å². The summed E-state index contributed by atoms with van der Waals surface area (Å²) in [6, 6.07) is 15.9. The highest BCUT2D eigenvalue weighted by atomic mass is 32.2. The highest BCUT2D eigenvalue weighted by molar-refractivity contribution is 7.87. The molecule has 1 saturated heterocycles. The first-order chi connectivity index (χ1) is 11.6. The monoisotopic (exact) mass is 348 g/mol. The van der Waals surface area contributed by atoms with Crippen LogP contribution >= 0.6 is 0 Å². The summed E-state index contributed by atoms with van der Waals surface area (Å²) in [4.78, 5) is 0. The van der Waals surface area contributed by atoms with E-state index >= 15 is 0 Å². The van der Waals surface area contributed by atoms with Crippen molar-refractivity contribution in [2.24, 2.45) is 0 Å². The fraction of sp³-hybridized carbons (Fsp3) is 0.333. The molecule has 1 unspecified atom stereocenters. The lowest BCUT2D eigenvalue weighted by molar-refractivity contribution is 0.0298. The molecule has 0 amide bonds. The van der Waals surface area contributed by atoms with Gasteiger partial charge in [0.1, 0.15) is 23.0 Å². The van der Waals surface area contributed by atoms with Crippen LogP contribution in [-0.4, -0.2) is 26.9 Å². The molecule has 6 heteroatoms. The molecule has 1 aliphatic rings. The van der Waals surface area contributed by atoms with Gasteiger partial charge in [-0.3, -0.25) is 0 Å². The molecule has 3 rings (SSSR count). The molecule has 1 atom stereocenters. The molecule has 0 spiro atoms. The Morgan fingerprint density at radius 2 is 1.58 bits per heavy atom. The molecule has 0 radical (unpaired) electrons. The molecule has 2 aromatic rings. The quantitative estimate of drug-likeness (QED) is 0.744. The molecule has 0 bridgehead atoms. The van der Waals surface area contributed by atoms with Gasteiger partial charge in [-0.05, 0) is 55.7 Å². The second kappa shape index (κ2) is 7.68. The van der Waals surface area contributed by atoms with E-state index in [2.05, 4.69) is 0 Å². The summed E-state index contributed by atoms with van der Waals surface area (Å²) in [7, 11) is -3.67. The number of rotatable bonds is 6. The standard InChI is InChI=1S/C18H20O5S/c19-24(20,14-18-8-4-5-13-21-18)23-17-11-9-16(10-12-17)22-15-6-2-1-3-7-15/h1-3,6-7,9-12,18H,4-5,8,13-14H2. The number of para-hydroxylation sites is 1. The van der Waals surface area contributed by atoms with E-state index in [1.54, 1.807) is 24.3 Å². The molecule has 5 nitrogen and oxygen atoms in total. The van der Waals surface area contributed by atoms with Crippen molar-refractivity contribution >= 4 is 10.1 Å². The summed E-state index contributed by atoms with van der Waals surface area (Å²) >= 11 is 0. The molecule has 128 valence electrons.